The topological polar surface area (TPSA) is 137 Å². The Balaban J connectivity index is 0.000000261. The van der Waals surface area contributed by atoms with Gasteiger partial charge in [0.25, 0.3) is 11.8 Å². The zero-order chi connectivity index (χ0) is 33.8. The van der Waals surface area contributed by atoms with Crippen LogP contribution in [0.4, 0.5) is 0 Å². The molecule has 4 aromatic rings. The number of aliphatic hydroxyl groups excluding tert-OH is 1. The Labute approximate surface area is 275 Å². The number of carbonyl (C=O) groups excluding carboxylic acids is 4. The van der Waals surface area contributed by atoms with Crippen LogP contribution in [-0.2, 0) is 14.3 Å². The third kappa shape index (κ3) is 9.68. The summed E-state index contributed by atoms with van der Waals surface area (Å²) in [5.74, 6) is -1.09. The summed E-state index contributed by atoms with van der Waals surface area (Å²) < 4.78 is 5.13. The van der Waals surface area contributed by atoms with E-state index in [0.717, 1.165) is 22.3 Å². The number of hydrogen-bond acceptors (Lipinski definition) is 6. The van der Waals surface area contributed by atoms with Crippen LogP contribution in [0, 0.1) is 5.92 Å². The van der Waals surface area contributed by atoms with E-state index in [1.807, 2.05) is 105 Å². The number of carbonyl (C=O) groups is 4. The van der Waals surface area contributed by atoms with E-state index in [2.05, 4.69) is 16.0 Å². The standard InChI is InChI=1S/C24H28N2O5.C14H13NO/c1-16(2)11-20(22(29)24(14-27)15-31-24)26-21(28)13-25-23(30)19-10-6-9-18(12-19)17-7-4-3-5-8-17;1-15-14(16)13-9-5-8-12(10-13)11-6-3-2-4-7-11/h3-10,12,16,20,27H,11,13-15H2,1-2H3,(H,25,30)(H,26,28);2-10H,1H3,(H,15,16). The van der Waals surface area contributed by atoms with Crippen LogP contribution in [0.3, 0.4) is 0 Å². The molecule has 4 N–H and O–H groups in total. The summed E-state index contributed by atoms with van der Waals surface area (Å²) in [6, 6.07) is 33.7. The maximum absolute atomic E-state index is 12.7. The molecule has 3 amide bonds. The quantitative estimate of drug-likeness (QED) is 0.167. The van der Waals surface area contributed by atoms with E-state index in [1.165, 1.54) is 0 Å². The predicted molar refractivity (Wildman–Crippen MR) is 182 cm³/mol. The van der Waals surface area contributed by atoms with Gasteiger partial charge in [0.1, 0.15) is 0 Å². The first-order chi connectivity index (χ1) is 22.7. The molecular formula is C38H41N3O6. The van der Waals surface area contributed by atoms with Crippen molar-refractivity contribution in [2.75, 3.05) is 26.8 Å². The molecule has 0 saturated carbocycles. The first-order valence-corrected chi connectivity index (χ1v) is 15.6. The van der Waals surface area contributed by atoms with Gasteiger partial charge in [-0.15, -0.1) is 0 Å². The third-order valence-electron chi connectivity index (χ3n) is 7.66. The zero-order valence-corrected chi connectivity index (χ0v) is 26.9. The molecule has 2 unspecified atom stereocenters. The molecule has 0 radical (unpaired) electrons. The van der Waals surface area contributed by atoms with Gasteiger partial charge >= 0.3 is 0 Å². The molecule has 4 aromatic carbocycles. The molecule has 1 heterocycles. The van der Waals surface area contributed by atoms with Gasteiger partial charge in [0.15, 0.2) is 11.4 Å². The van der Waals surface area contributed by atoms with Gasteiger partial charge in [0, 0.05) is 18.2 Å². The number of epoxide rings is 1. The largest absolute Gasteiger partial charge is 0.393 e. The van der Waals surface area contributed by atoms with Gasteiger partial charge in [-0.3, -0.25) is 19.2 Å². The molecular weight excluding hydrogens is 594 g/mol. The number of ketones is 1. The average molecular weight is 636 g/mol. The number of hydrogen-bond donors (Lipinski definition) is 4. The normalized spacial score (nSPS) is 15.4. The van der Waals surface area contributed by atoms with Crippen LogP contribution in [0.1, 0.15) is 41.0 Å². The number of aliphatic hydroxyl groups is 1. The summed E-state index contributed by atoms with van der Waals surface area (Å²) in [6.07, 6.45) is 0.419. The molecule has 9 heteroatoms. The van der Waals surface area contributed by atoms with Crippen LogP contribution in [0.5, 0.6) is 0 Å². The Morgan fingerprint density at radius 3 is 1.68 bits per heavy atom. The highest BCUT2D eigenvalue weighted by Crippen LogP contribution is 2.30. The SMILES string of the molecule is CC(C)CC(NC(=O)CNC(=O)c1cccc(-c2ccccc2)c1)C(=O)C1(CO)CO1.CNC(=O)c1cccc(-c2ccccc2)c1. The summed E-state index contributed by atoms with van der Waals surface area (Å²) >= 11 is 0. The highest BCUT2D eigenvalue weighted by molar-refractivity contribution is 6.00. The molecule has 1 saturated heterocycles. The molecule has 244 valence electrons. The fraction of sp³-hybridized carbons (Fsp3) is 0.263. The van der Waals surface area contributed by atoms with Gasteiger partial charge < -0.3 is 25.8 Å². The lowest BCUT2D eigenvalue weighted by Gasteiger charge is -2.22. The molecule has 0 bridgehead atoms. The van der Waals surface area contributed by atoms with Crippen LogP contribution >= 0.6 is 0 Å². The first kappa shape index (κ1) is 34.7. The summed E-state index contributed by atoms with van der Waals surface area (Å²) in [5.41, 5.74) is 3.99. The Morgan fingerprint density at radius 2 is 1.23 bits per heavy atom. The maximum atomic E-state index is 12.7. The molecule has 0 spiro atoms. The van der Waals surface area contributed by atoms with E-state index in [0.29, 0.717) is 17.5 Å². The lowest BCUT2D eigenvalue weighted by molar-refractivity contribution is -0.131. The minimum atomic E-state index is -1.20. The highest BCUT2D eigenvalue weighted by Gasteiger charge is 2.54. The number of ether oxygens (including phenoxy) is 1. The molecule has 1 aliphatic rings. The van der Waals surface area contributed by atoms with Gasteiger partial charge in [-0.05, 0) is 58.9 Å². The second kappa shape index (κ2) is 16.4. The fourth-order valence-corrected chi connectivity index (χ4v) is 5.01. The Morgan fingerprint density at radius 1 is 0.745 bits per heavy atom. The Hall–Kier alpha value is -5.12. The van der Waals surface area contributed by atoms with Gasteiger partial charge in [-0.25, -0.2) is 0 Å². The molecule has 47 heavy (non-hydrogen) atoms. The fourth-order valence-electron chi connectivity index (χ4n) is 5.01. The summed E-state index contributed by atoms with van der Waals surface area (Å²) in [4.78, 5) is 49.1. The summed E-state index contributed by atoms with van der Waals surface area (Å²) in [5, 5.41) is 17.3. The number of nitrogens with one attached hydrogen (secondary N) is 3. The second-order valence-corrected chi connectivity index (χ2v) is 11.7. The Bertz CT molecular complexity index is 1670. The lowest BCUT2D eigenvalue weighted by Crippen LogP contribution is -2.51. The number of benzene rings is 4. The van der Waals surface area contributed by atoms with Gasteiger partial charge in [-0.2, -0.15) is 0 Å². The van der Waals surface area contributed by atoms with Crippen LogP contribution in [-0.4, -0.2) is 67.1 Å². The van der Waals surface area contributed by atoms with E-state index in [9.17, 15) is 24.3 Å². The van der Waals surface area contributed by atoms with Crippen molar-refractivity contribution in [1.29, 1.82) is 0 Å². The van der Waals surface area contributed by atoms with Crippen molar-refractivity contribution in [3.8, 4) is 22.3 Å². The monoisotopic (exact) mass is 635 g/mol. The molecule has 9 nitrogen and oxygen atoms in total. The molecule has 1 aliphatic heterocycles. The number of rotatable bonds is 12. The van der Waals surface area contributed by atoms with Crippen molar-refractivity contribution in [3.63, 3.8) is 0 Å². The van der Waals surface area contributed by atoms with Crippen molar-refractivity contribution >= 4 is 23.5 Å². The molecule has 5 rings (SSSR count). The Kier molecular flexibility index (Phi) is 12.2. The average Bonchev–Trinajstić information content (AvgIpc) is 3.92. The lowest BCUT2D eigenvalue weighted by atomic mass is 9.93. The minimum absolute atomic E-state index is 0.0576. The van der Waals surface area contributed by atoms with Gasteiger partial charge in [0.2, 0.25) is 5.91 Å². The minimum Gasteiger partial charge on any atom is -0.393 e. The van der Waals surface area contributed by atoms with Crippen LogP contribution in [0.25, 0.3) is 22.3 Å². The van der Waals surface area contributed by atoms with E-state index in [4.69, 9.17) is 4.74 Å². The van der Waals surface area contributed by atoms with E-state index in [-0.39, 0.29) is 36.7 Å². The predicted octanol–water partition coefficient (Wildman–Crippen LogP) is 4.66. The van der Waals surface area contributed by atoms with Crippen LogP contribution < -0.4 is 16.0 Å². The van der Waals surface area contributed by atoms with Gasteiger partial charge in [-0.1, -0.05) is 98.8 Å². The second-order valence-electron chi connectivity index (χ2n) is 11.7. The van der Waals surface area contributed by atoms with Crippen molar-refractivity contribution < 1.29 is 29.0 Å². The maximum Gasteiger partial charge on any atom is 0.251 e. The van der Waals surface area contributed by atoms with E-state index in [1.54, 1.807) is 25.2 Å². The van der Waals surface area contributed by atoms with Crippen molar-refractivity contribution in [2.24, 2.45) is 5.92 Å². The molecule has 2 atom stereocenters. The highest BCUT2D eigenvalue weighted by atomic mass is 16.6. The zero-order valence-electron chi connectivity index (χ0n) is 26.9. The molecule has 0 aromatic heterocycles. The summed E-state index contributed by atoms with van der Waals surface area (Å²) in [6.45, 7) is 3.36. The van der Waals surface area contributed by atoms with Crippen molar-refractivity contribution in [1.82, 2.24) is 16.0 Å². The number of amides is 3. The molecule has 1 fully saturated rings. The van der Waals surface area contributed by atoms with Crippen LogP contribution in [0.2, 0.25) is 0 Å². The van der Waals surface area contributed by atoms with Crippen LogP contribution in [0.15, 0.2) is 109 Å². The summed E-state index contributed by atoms with van der Waals surface area (Å²) in [7, 11) is 1.64. The van der Waals surface area contributed by atoms with E-state index < -0.39 is 24.2 Å². The van der Waals surface area contributed by atoms with Gasteiger partial charge in [0.05, 0.1) is 25.8 Å². The van der Waals surface area contributed by atoms with E-state index >= 15 is 0 Å². The molecule has 0 aliphatic carbocycles. The van der Waals surface area contributed by atoms with Crippen molar-refractivity contribution in [2.45, 2.75) is 31.9 Å². The smallest absolute Gasteiger partial charge is 0.251 e. The first-order valence-electron chi connectivity index (χ1n) is 15.6. The van der Waals surface area contributed by atoms with Crippen molar-refractivity contribution in [3.05, 3.63) is 120 Å². The third-order valence-corrected chi connectivity index (χ3v) is 7.66. The number of Topliss-reactive ketones (excluding diaryl/α,β-unsaturated/α-hetero) is 1.